The van der Waals surface area contributed by atoms with Gasteiger partial charge in [-0.1, -0.05) is 62.4 Å². The highest BCUT2D eigenvalue weighted by Gasteiger charge is 2.35. The molecular weight excluding hydrogens is 450 g/mol. The van der Waals surface area contributed by atoms with E-state index in [4.69, 9.17) is 0 Å². The highest BCUT2D eigenvalue weighted by Crippen LogP contribution is 2.47. The maximum Gasteiger partial charge on any atom is 0.123 e. The zero-order valence-electron chi connectivity index (χ0n) is 21.9. The first kappa shape index (κ1) is 25.9. The van der Waals surface area contributed by atoms with Gasteiger partial charge >= 0.3 is 0 Å². The van der Waals surface area contributed by atoms with E-state index in [1.807, 2.05) is 26.0 Å². The van der Waals surface area contributed by atoms with Crippen molar-refractivity contribution in [1.29, 1.82) is 0 Å². The summed E-state index contributed by atoms with van der Waals surface area (Å²) < 4.78 is 27.6. The Hall–Kier alpha value is -3.14. The van der Waals surface area contributed by atoms with E-state index in [1.54, 1.807) is 12.1 Å². The van der Waals surface area contributed by atoms with Gasteiger partial charge in [0.05, 0.1) is 12.1 Å². The quantitative estimate of drug-likeness (QED) is 0.323. The molecule has 3 aromatic carbocycles. The number of hydrogen-bond acceptors (Lipinski definition) is 2. The van der Waals surface area contributed by atoms with Crippen molar-refractivity contribution in [2.24, 2.45) is 5.92 Å². The van der Waals surface area contributed by atoms with Crippen LogP contribution in [0.25, 0.3) is 0 Å². The Morgan fingerprint density at radius 3 is 2.19 bits per heavy atom. The van der Waals surface area contributed by atoms with Crippen LogP contribution in [0.3, 0.4) is 0 Å². The van der Waals surface area contributed by atoms with Crippen LogP contribution < -0.4 is 10.2 Å². The van der Waals surface area contributed by atoms with Crippen LogP contribution in [0.4, 0.5) is 20.2 Å². The molecule has 0 amide bonds. The minimum absolute atomic E-state index is 0.0538. The molecule has 1 aliphatic rings. The molecule has 0 aromatic heterocycles. The number of halogens is 2. The van der Waals surface area contributed by atoms with E-state index in [0.29, 0.717) is 12.8 Å². The van der Waals surface area contributed by atoms with Gasteiger partial charge in [0.15, 0.2) is 0 Å². The predicted molar refractivity (Wildman–Crippen MR) is 148 cm³/mol. The van der Waals surface area contributed by atoms with Crippen LogP contribution in [-0.4, -0.2) is 6.17 Å². The molecule has 0 radical (unpaired) electrons. The number of alkyl halides is 1. The number of hydrogen-bond donors (Lipinski definition) is 1. The Morgan fingerprint density at radius 1 is 0.972 bits per heavy atom. The molecule has 36 heavy (non-hydrogen) atoms. The molecule has 0 spiro atoms. The fourth-order valence-corrected chi connectivity index (χ4v) is 5.25. The third-order valence-electron chi connectivity index (χ3n) is 7.55. The summed E-state index contributed by atoms with van der Waals surface area (Å²) in [5.74, 6) is -0.168. The van der Waals surface area contributed by atoms with Crippen LogP contribution in [0.5, 0.6) is 0 Å². The molecule has 1 aliphatic heterocycles. The van der Waals surface area contributed by atoms with Crippen LogP contribution >= 0.6 is 0 Å². The summed E-state index contributed by atoms with van der Waals surface area (Å²) >= 11 is 0. The molecule has 1 unspecified atom stereocenters. The molecule has 4 rings (SSSR count). The third kappa shape index (κ3) is 5.80. The Bertz CT molecular complexity index is 1170. The normalized spacial score (nSPS) is 19.2. The number of anilines is 2. The molecule has 4 heteroatoms. The minimum Gasteiger partial charge on any atom is -0.359 e. The summed E-state index contributed by atoms with van der Waals surface area (Å²) in [6.07, 6.45) is 2.25. The molecular formula is C32H38F2N2. The number of benzene rings is 3. The Morgan fingerprint density at radius 2 is 1.58 bits per heavy atom. The van der Waals surface area contributed by atoms with E-state index in [1.165, 1.54) is 16.7 Å². The van der Waals surface area contributed by atoms with Crippen LogP contribution in [0.15, 0.2) is 79.0 Å². The summed E-state index contributed by atoms with van der Waals surface area (Å²) in [5, 5.41) is 3.43. The van der Waals surface area contributed by atoms with Crippen molar-refractivity contribution in [3.05, 3.63) is 107 Å². The zero-order valence-corrected chi connectivity index (χ0v) is 21.9. The lowest BCUT2D eigenvalue weighted by atomic mass is 9.98. The van der Waals surface area contributed by atoms with Gasteiger partial charge in [0.1, 0.15) is 12.0 Å². The fourth-order valence-electron chi connectivity index (χ4n) is 5.25. The van der Waals surface area contributed by atoms with Crippen molar-refractivity contribution in [3.8, 4) is 0 Å². The van der Waals surface area contributed by atoms with Crippen molar-refractivity contribution >= 4 is 11.4 Å². The Kier molecular flexibility index (Phi) is 8.13. The number of rotatable bonds is 9. The molecule has 0 saturated carbocycles. The summed E-state index contributed by atoms with van der Waals surface area (Å²) in [7, 11) is 0. The summed E-state index contributed by atoms with van der Waals surface area (Å²) in [5.41, 5.74) is 7.78. The lowest BCUT2D eigenvalue weighted by Crippen LogP contribution is -2.26. The van der Waals surface area contributed by atoms with Crippen molar-refractivity contribution in [2.75, 3.05) is 10.2 Å². The van der Waals surface area contributed by atoms with Crippen molar-refractivity contribution < 1.29 is 8.78 Å². The van der Waals surface area contributed by atoms with Gasteiger partial charge in [0, 0.05) is 17.1 Å². The summed E-state index contributed by atoms with van der Waals surface area (Å²) in [6.45, 7) is 12.3. The number of nitrogens with zero attached hydrogens (tertiary/aromatic N) is 1. The first-order valence-corrected chi connectivity index (χ1v) is 13.1. The molecule has 1 fully saturated rings. The largest absolute Gasteiger partial charge is 0.359 e. The summed E-state index contributed by atoms with van der Waals surface area (Å²) in [4.78, 5) is 2.44. The number of allylic oxidation sites excluding steroid dienone is 1. The topological polar surface area (TPSA) is 15.3 Å². The second-order valence-corrected chi connectivity index (χ2v) is 10.3. The van der Waals surface area contributed by atoms with Gasteiger partial charge in [0.25, 0.3) is 0 Å². The molecule has 4 atom stereocenters. The van der Waals surface area contributed by atoms with Gasteiger partial charge in [-0.25, -0.2) is 8.78 Å². The lowest BCUT2D eigenvalue weighted by molar-refractivity contribution is 0.281. The fraction of sp³-hybridized carbons (Fsp3) is 0.375. The molecule has 2 nitrogen and oxygen atoms in total. The van der Waals surface area contributed by atoms with E-state index in [-0.39, 0.29) is 23.8 Å². The van der Waals surface area contributed by atoms with Crippen LogP contribution in [0.1, 0.15) is 73.9 Å². The van der Waals surface area contributed by atoms with E-state index in [2.05, 4.69) is 73.1 Å². The zero-order chi connectivity index (χ0) is 25.8. The van der Waals surface area contributed by atoms with Gasteiger partial charge in [-0.05, 0) is 92.5 Å². The molecule has 0 aliphatic carbocycles. The van der Waals surface area contributed by atoms with Crippen molar-refractivity contribution in [2.45, 2.75) is 71.6 Å². The number of nitrogens with one attached hydrogen (secondary N) is 1. The second-order valence-electron chi connectivity index (χ2n) is 10.3. The average Bonchev–Trinajstić information content (AvgIpc) is 3.31. The van der Waals surface area contributed by atoms with Crippen LogP contribution in [-0.2, 0) is 0 Å². The first-order chi connectivity index (χ1) is 17.3. The highest BCUT2D eigenvalue weighted by atomic mass is 19.1. The summed E-state index contributed by atoms with van der Waals surface area (Å²) in [6, 6.07) is 22.6. The van der Waals surface area contributed by atoms with Gasteiger partial charge < -0.3 is 10.2 Å². The molecule has 0 bridgehead atoms. The lowest BCUT2D eigenvalue weighted by Gasteiger charge is -2.33. The second kappa shape index (κ2) is 11.3. The number of aryl methyl sites for hydroxylation is 2. The smallest absolute Gasteiger partial charge is 0.123 e. The van der Waals surface area contributed by atoms with E-state index in [0.717, 1.165) is 35.5 Å². The highest BCUT2D eigenvalue weighted by molar-refractivity contribution is 5.58. The minimum atomic E-state index is -0.802. The van der Waals surface area contributed by atoms with E-state index >= 15 is 0 Å². The third-order valence-corrected chi connectivity index (χ3v) is 7.55. The van der Waals surface area contributed by atoms with E-state index < -0.39 is 6.17 Å². The monoisotopic (exact) mass is 488 g/mol. The Balaban J connectivity index is 1.59. The van der Waals surface area contributed by atoms with Crippen LogP contribution in [0.2, 0.25) is 0 Å². The standard InChI is InChI=1S/C32H38F2N2/c1-6-27(33)20-22(3)24(5)35-30-16-11-26(19-23(30)4)32-18-17-31(25-9-7-21(2)8-10-25)36(32)29-14-12-28(34)13-15-29/h7-16,19,22,27,31-32,35H,5-6,17-18,20H2,1-4H3/t22-,27+,31+,32?/m0/s1. The van der Waals surface area contributed by atoms with Crippen molar-refractivity contribution in [3.63, 3.8) is 0 Å². The molecule has 1 N–H and O–H groups in total. The van der Waals surface area contributed by atoms with Crippen molar-refractivity contribution in [1.82, 2.24) is 0 Å². The van der Waals surface area contributed by atoms with Gasteiger partial charge in [-0.3, -0.25) is 0 Å². The molecule has 190 valence electrons. The molecule has 3 aromatic rings. The molecule has 1 heterocycles. The SMILES string of the molecule is C=C(Nc1ccc(C2CC[C@H](c3ccc(C)cc3)N2c2ccc(F)cc2)cc1C)[C@@H](C)C[C@H](F)CC. The average molecular weight is 489 g/mol. The molecule has 1 saturated heterocycles. The van der Waals surface area contributed by atoms with E-state index in [9.17, 15) is 8.78 Å². The van der Waals surface area contributed by atoms with Gasteiger partial charge in [-0.2, -0.15) is 0 Å². The maximum atomic E-state index is 13.9. The maximum absolute atomic E-state index is 13.9. The Labute approximate surface area is 215 Å². The van der Waals surface area contributed by atoms with Gasteiger partial charge in [-0.15, -0.1) is 0 Å². The predicted octanol–water partition coefficient (Wildman–Crippen LogP) is 9.23. The van der Waals surface area contributed by atoms with Gasteiger partial charge in [0.2, 0.25) is 0 Å². The van der Waals surface area contributed by atoms with Crippen LogP contribution in [0, 0.1) is 25.6 Å². The first-order valence-electron chi connectivity index (χ1n) is 13.1.